The fraction of sp³-hybridized carbons (Fsp3) is 0.393. The van der Waals surface area contributed by atoms with Crippen molar-refractivity contribution in [1.29, 1.82) is 0 Å². The van der Waals surface area contributed by atoms with Gasteiger partial charge in [-0.15, -0.1) is 10.2 Å². The van der Waals surface area contributed by atoms with Crippen LogP contribution in [0.4, 0.5) is 21.7 Å². The summed E-state index contributed by atoms with van der Waals surface area (Å²) in [4.78, 5) is 26.2. The molecule has 2 saturated heterocycles. The second-order valence-corrected chi connectivity index (χ2v) is 9.91. The van der Waals surface area contributed by atoms with Gasteiger partial charge in [0.1, 0.15) is 5.75 Å². The third-order valence-electron chi connectivity index (χ3n) is 7.36. The topological polar surface area (TPSA) is 125 Å². The van der Waals surface area contributed by atoms with Crippen LogP contribution >= 0.6 is 0 Å². The molecule has 202 valence electrons. The summed E-state index contributed by atoms with van der Waals surface area (Å²) in [6, 6.07) is 8.90. The molecule has 4 heterocycles. The molecule has 1 aromatic carbocycles. The van der Waals surface area contributed by atoms with Crippen LogP contribution in [0.25, 0.3) is 11.3 Å². The van der Waals surface area contributed by atoms with E-state index in [1.54, 1.807) is 23.1 Å². The van der Waals surface area contributed by atoms with E-state index in [2.05, 4.69) is 36.9 Å². The molecular formula is C28H31FN8O2. The summed E-state index contributed by atoms with van der Waals surface area (Å²) in [7, 11) is 0. The minimum atomic E-state index is -0.517. The molecule has 0 saturated carbocycles. The first-order valence-electron chi connectivity index (χ1n) is 13.1. The van der Waals surface area contributed by atoms with E-state index in [1.165, 1.54) is 0 Å². The minimum Gasteiger partial charge on any atom is -0.507 e. The molecule has 3 aromatic rings. The number of nitrogens with zero attached hydrogens (tertiary/aromatic N) is 7. The van der Waals surface area contributed by atoms with Crippen molar-refractivity contribution in [2.75, 3.05) is 41.7 Å². The number of aromatic nitrogens is 4. The second-order valence-electron chi connectivity index (χ2n) is 9.91. The lowest BCUT2D eigenvalue weighted by molar-refractivity contribution is -0.128. The quantitative estimate of drug-likeness (QED) is 0.490. The lowest BCUT2D eigenvalue weighted by Crippen LogP contribution is -2.36. The number of hydrogen-bond acceptors (Lipinski definition) is 9. The highest BCUT2D eigenvalue weighted by molar-refractivity contribution is 5.79. The fourth-order valence-corrected chi connectivity index (χ4v) is 5.03. The molecule has 11 heteroatoms. The number of amides is 1. The van der Waals surface area contributed by atoms with Crippen LogP contribution in [-0.4, -0.2) is 74.3 Å². The van der Waals surface area contributed by atoms with E-state index in [0.717, 1.165) is 12.6 Å². The zero-order chi connectivity index (χ0) is 27.5. The molecule has 39 heavy (non-hydrogen) atoms. The van der Waals surface area contributed by atoms with Crippen LogP contribution in [0.15, 0.2) is 36.5 Å². The molecule has 0 radical (unpaired) electrons. The summed E-state index contributed by atoms with van der Waals surface area (Å²) in [5.41, 5.74) is 8.00. The fourth-order valence-electron chi connectivity index (χ4n) is 5.03. The number of rotatable bonds is 4. The minimum absolute atomic E-state index is 0.0167. The SMILES string of the molecule is C[C@@H]1CCN(c2cc(-c3ccccc3O)nnc2N)CCN1c1nc(C#CCN2C(=O)CC[C@@H]2C)ncc1F. The molecule has 10 nitrogen and oxygen atoms in total. The van der Waals surface area contributed by atoms with E-state index in [-0.39, 0.29) is 41.2 Å². The van der Waals surface area contributed by atoms with Crippen LogP contribution in [0.2, 0.25) is 0 Å². The number of hydrogen-bond donors (Lipinski definition) is 2. The summed E-state index contributed by atoms with van der Waals surface area (Å²) in [5.74, 6) is 6.25. The van der Waals surface area contributed by atoms with E-state index in [1.807, 2.05) is 30.9 Å². The monoisotopic (exact) mass is 530 g/mol. The first-order valence-corrected chi connectivity index (χ1v) is 13.1. The molecule has 2 fully saturated rings. The van der Waals surface area contributed by atoms with Gasteiger partial charge in [0, 0.05) is 43.7 Å². The maximum absolute atomic E-state index is 14.9. The average Bonchev–Trinajstić information content (AvgIpc) is 3.12. The Labute approximate surface area is 226 Å². The van der Waals surface area contributed by atoms with Gasteiger partial charge in [0.05, 0.1) is 24.1 Å². The van der Waals surface area contributed by atoms with Gasteiger partial charge < -0.3 is 25.5 Å². The molecule has 0 bridgehead atoms. The number of aromatic hydroxyl groups is 1. The molecule has 0 unspecified atom stereocenters. The summed E-state index contributed by atoms with van der Waals surface area (Å²) in [5, 5.41) is 18.6. The maximum Gasteiger partial charge on any atom is 0.223 e. The molecule has 5 rings (SSSR count). The van der Waals surface area contributed by atoms with Gasteiger partial charge >= 0.3 is 0 Å². The molecule has 2 aliphatic rings. The number of para-hydroxylation sites is 1. The lowest BCUT2D eigenvalue weighted by atomic mass is 10.1. The van der Waals surface area contributed by atoms with Gasteiger partial charge in [-0.3, -0.25) is 4.79 Å². The zero-order valence-electron chi connectivity index (χ0n) is 22.0. The van der Waals surface area contributed by atoms with E-state index >= 15 is 0 Å². The number of nitrogens with two attached hydrogens (primary N) is 1. The number of carbonyl (C=O) groups is 1. The number of anilines is 3. The first-order chi connectivity index (χ1) is 18.8. The van der Waals surface area contributed by atoms with Gasteiger partial charge in [-0.05, 0) is 50.8 Å². The van der Waals surface area contributed by atoms with Crippen LogP contribution < -0.4 is 15.5 Å². The van der Waals surface area contributed by atoms with Gasteiger partial charge in [0.15, 0.2) is 17.5 Å². The predicted octanol–water partition coefficient (Wildman–Crippen LogP) is 2.83. The summed E-state index contributed by atoms with van der Waals surface area (Å²) < 4.78 is 14.9. The van der Waals surface area contributed by atoms with Gasteiger partial charge in [-0.1, -0.05) is 18.1 Å². The van der Waals surface area contributed by atoms with Crippen LogP contribution in [0.5, 0.6) is 5.75 Å². The van der Waals surface area contributed by atoms with Crippen LogP contribution in [0.3, 0.4) is 0 Å². The van der Waals surface area contributed by atoms with Crippen molar-refractivity contribution >= 4 is 23.2 Å². The molecule has 3 N–H and O–H groups in total. The van der Waals surface area contributed by atoms with Crippen molar-refractivity contribution in [3.8, 4) is 28.8 Å². The van der Waals surface area contributed by atoms with Gasteiger partial charge in [-0.25, -0.2) is 14.4 Å². The predicted molar refractivity (Wildman–Crippen MR) is 146 cm³/mol. The number of likely N-dealkylation sites (tertiary alicyclic amines) is 1. The number of benzene rings is 1. The molecule has 0 spiro atoms. The third-order valence-corrected chi connectivity index (χ3v) is 7.36. The van der Waals surface area contributed by atoms with Crippen molar-refractivity contribution in [2.45, 2.75) is 45.2 Å². The van der Waals surface area contributed by atoms with E-state index in [9.17, 15) is 14.3 Å². The summed E-state index contributed by atoms with van der Waals surface area (Å²) in [6.45, 7) is 6.02. The van der Waals surface area contributed by atoms with E-state index in [0.29, 0.717) is 56.0 Å². The Balaban J connectivity index is 1.34. The molecule has 2 aliphatic heterocycles. The Kier molecular flexibility index (Phi) is 7.45. The smallest absolute Gasteiger partial charge is 0.223 e. The summed E-state index contributed by atoms with van der Waals surface area (Å²) >= 11 is 0. The maximum atomic E-state index is 14.9. The number of nitrogen functional groups attached to an aromatic ring is 1. The normalized spacial score (nSPS) is 19.6. The summed E-state index contributed by atoms with van der Waals surface area (Å²) in [6.07, 6.45) is 3.24. The van der Waals surface area contributed by atoms with Crippen LogP contribution in [-0.2, 0) is 4.79 Å². The molecule has 2 atom stereocenters. The number of phenolic OH excluding ortho intramolecular Hbond substituents is 1. The van der Waals surface area contributed by atoms with Crippen LogP contribution in [0, 0.1) is 17.7 Å². The van der Waals surface area contributed by atoms with Crippen molar-refractivity contribution in [2.24, 2.45) is 0 Å². The van der Waals surface area contributed by atoms with Gasteiger partial charge in [-0.2, -0.15) is 0 Å². The Morgan fingerprint density at radius 1 is 1.13 bits per heavy atom. The standard InChI is InChI=1S/C28H31FN8O2/c1-18-9-10-26(39)36(18)12-5-8-25-31-17-21(29)28(32-25)37-15-14-35(13-11-19(37)2)23-16-22(33-34-27(23)30)20-6-3-4-7-24(20)38/h3-4,6-7,16-19,38H,9-15H2,1-2H3,(H2,30,34)/t18-,19+/m0/s1. The zero-order valence-corrected chi connectivity index (χ0v) is 22.0. The largest absolute Gasteiger partial charge is 0.507 e. The van der Waals surface area contributed by atoms with Gasteiger partial charge in [0.2, 0.25) is 11.7 Å². The number of phenols is 1. The highest BCUT2D eigenvalue weighted by Crippen LogP contribution is 2.32. The van der Waals surface area contributed by atoms with Crippen molar-refractivity contribution < 1.29 is 14.3 Å². The average molecular weight is 531 g/mol. The van der Waals surface area contributed by atoms with E-state index < -0.39 is 5.82 Å². The molecular weight excluding hydrogens is 499 g/mol. The van der Waals surface area contributed by atoms with E-state index in [4.69, 9.17) is 5.73 Å². The Morgan fingerprint density at radius 2 is 1.95 bits per heavy atom. The number of carbonyl (C=O) groups excluding carboxylic acids is 1. The first kappa shape index (κ1) is 26.2. The van der Waals surface area contributed by atoms with Crippen molar-refractivity contribution in [1.82, 2.24) is 25.1 Å². The van der Waals surface area contributed by atoms with Crippen LogP contribution in [0.1, 0.15) is 38.9 Å². The Hall–Kier alpha value is -4.46. The molecule has 2 aromatic heterocycles. The molecule has 0 aliphatic carbocycles. The highest BCUT2D eigenvalue weighted by atomic mass is 19.1. The van der Waals surface area contributed by atoms with Gasteiger partial charge in [0.25, 0.3) is 0 Å². The molecule has 1 amide bonds. The Bertz CT molecular complexity index is 1440. The highest BCUT2D eigenvalue weighted by Gasteiger charge is 2.27. The third kappa shape index (κ3) is 5.55. The lowest BCUT2D eigenvalue weighted by Gasteiger charge is -2.28. The Morgan fingerprint density at radius 3 is 2.72 bits per heavy atom. The second kappa shape index (κ2) is 11.1. The van der Waals surface area contributed by atoms with Crippen molar-refractivity contribution in [3.63, 3.8) is 0 Å². The number of halogens is 1. The van der Waals surface area contributed by atoms with Crippen molar-refractivity contribution in [3.05, 3.63) is 48.2 Å².